The minimum atomic E-state index is -3.92. The monoisotopic (exact) mass is 2100 g/mol. The zero-order chi connectivity index (χ0) is 98.5. The lowest BCUT2D eigenvalue weighted by atomic mass is 9.72. The highest BCUT2D eigenvalue weighted by atomic mass is 32.2. The fraction of sp³-hybridized carbons (Fsp3) is 0.362. The molecule has 0 aliphatic carbocycles. The smallest absolute Gasteiger partial charge is 0.261 e. The summed E-state index contributed by atoms with van der Waals surface area (Å²) in [6, 6.07) is 67.8. The quantitative estimate of drug-likeness (QED) is 0.0458. The summed E-state index contributed by atoms with van der Waals surface area (Å²) in [5, 5.41) is 0. The van der Waals surface area contributed by atoms with Gasteiger partial charge in [-0.2, -0.15) is 33.7 Å². The Morgan fingerprint density at radius 1 is 0.250 bits per heavy atom. The molecule has 736 valence electrons. The van der Waals surface area contributed by atoms with Gasteiger partial charge in [0.15, 0.2) is 69.0 Å². The molecular weight excluding hydrogens is 1990 g/mol. The van der Waals surface area contributed by atoms with Crippen LogP contribution in [0.25, 0.3) is 48.8 Å². The average molecular weight is 2100 g/mol. The van der Waals surface area contributed by atoms with Crippen molar-refractivity contribution in [3.8, 4) is 118 Å². The maximum absolute atomic E-state index is 9.19. The first-order valence-corrected chi connectivity index (χ1v) is 58.5. The predicted octanol–water partition coefficient (Wildman–Crippen LogP) is 20.0. The number of hydrogen-bond acceptors (Lipinski definition) is 32. The first-order valence-electron chi connectivity index (χ1n) is 42.6. The molecule has 6 aromatic carbocycles. The normalized spacial score (nSPS) is 15.2. The number of thiophene rings is 6. The van der Waals surface area contributed by atoms with E-state index >= 15 is 0 Å². The van der Waals surface area contributed by atoms with Crippen LogP contribution in [0.1, 0.15) is 131 Å². The Hall–Kier alpha value is -9.42. The van der Waals surface area contributed by atoms with E-state index in [1.165, 1.54) is 33.4 Å². The zero-order valence-corrected chi connectivity index (χ0v) is 85.6. The Kier molecular flexibility index (Phi) is 38.1. The topological polar surface area (TPSA) is 443 Å². The standard InChI is InChI=1S/C50H54.C38H30O12S6.6CH4O3S/c1-3-40(42-24-12-5-13-25-42)35-48(44-28-16-7-17-29-44)37-50(46-32-20-9-21-33-46)38-49(45-30-18-8-19-31-45)36-47(43-26-14-6-15-27-43)34-39(2)41-22-10-4-11-23-41;1-15-17-19(41-5-3-39-17)29(51-15)31-21-23(45-9-7-43-21)33(53-31)35-25-27(49-13-11-47-25)37(55-35)38-28-26(48-12-14-50-28)36(56-38)34-24-22(44-8-10-46-24)32(54-34)30-20-18(16(2)52-30)40-4-6-42-20;6*1-5(2,3)4/h4-33,39-40,47-50H,3,34-38H2,1-2H3;3-14H2,1-2H3;6*1H3,(H,2,3,4)/p-2. The minimum Gasteiger partial charge on any atom is -0.748 e. The molecule has 18 rings (SSSR count). The molecule has 0 fully saturated rings. The van der Waals surface area contributed by atoms with Crippen molar-refractivity contribution in [3.05, 3.63) is 225 Å². The molecule has 0 amide bonds. The molecule has 0 bridgehead atoms. The third kappa shape index (κ3) is 32.3. The summed E-state index contributed by atoms with van der Waals surface area (Å²) in [6.45, 7) is 14.4. The van der Waals surface area contributed by atoms with Gasteiger partial charge in [0.05, 0.1) is 94.0 Å². The Balaban J connectivity index is 0.000000202. The lowest BCUT2D eigenvalue weighted by molar-refractivity contribution is 0.170. The van der Waals surface area contributed by atoms with E-state index in [2.05, 4.69) is 210 Å². The van der Waals surface area contributed by atoms with Crippen LogP contribution in [-0.4, -0.2) is 195 Å². The van der Waals surface area contributed by atoms with E-state index in [4.69, 9.17) is 101 Å². The van der Waals surface area contributed by atoms with Gasteiger partial charge in [-0.3, -0.25) is 18.2 Å². The van der Waals surface area contributed by atoms with Crippen molar-refractivity contribution >= 4 is 129 Å². The number of hydrogen-bond donors (Lipinski definition) is 4. The molecule has 6 aliphatic heterocycles. The summed E-state index contributed by atoms with van der Waals surface area (Å²) >= 11 is 9.69. The molecule has 12 heterocycles. The first-order chi connectivity index (χ1) is 64.3. The summed E-state index contributed by atoms with van der Waals surface area (Å²) in [6.07, 6.45) is 10.9. The molecule has 6 unspecified atom stereocenters. The molecular formula is C94H106O30S12-2. The molecule has 6 aromatic heterocycles. The number of fused-ring (bicyclic) bond motifs is 6. The molecule has 30 nitrogen and oxygen atoms in total. The highest BCUT2D eigenvalue weighted by Crippen LogP contribution is 2.69. The molecule has 0 spiro atoms. The van der Waals surface area contributed by atoms with Gasteiger partial charge in [0.25, 0.3) is 40.5 Å². The van der Waals surface area contributed by atoms with Crippen molar-refractivity contribution in [2.45, 2.75) is 102 Å². The lowest BCUT2D eigenvalue weighted by Crippen LogP contribution is -2.16. The highest BCUT2D eigenvalue weighted by molar-refractivity contribution is 7.86. The van der Waals surface area contributed by atoms with E-state index in [9.17, 15) is 33.7 Å². The van der Waals surface area contributed by atoms with Crippen LogP contribution in [0.5, 0.6) is 69.0 Å². The molecule has 0 radical (unpaired) electrons. The van der Waals surface area contributed by atoms with Gasteiger partial charge in [-0.05, 0) is 121 Å². The van der Waals surface area contributed by atoms with Gasteiger partial charge in [0.1, 0.15) is 79.3 Å². The second-order valence-corrected chi connectivity index (χ2v) is 47.1. The molecule has 136 heavy (non-hydrogen) atoms. The van der Waals surface area contributed by atoms with Crippen LogP contribution in [0.4, 0.5) is 0 Å². The SMILES string of the molecule is CCC(CC(CC(CC(CC(CC(C)c1ccccc1)c1ccccc1)c1ccccc1)c1ccccc1)c1ccccc1)c1ccccc1.CS(=O)(=O)O.CS(=O)(=O)O.CS(=O)(=O)O.CS(=O)(=O)O.CS(=O)(=O)[O-].CS(=O)(=O)[O-].Cc1sc(-c2sc(-c3sc(-c4sc(-c5sc(-c6sc(C)c7c6OCCO7)c6c5OCCO6)c5c4OCCO5)c4c3OCCO4)c3c2OCCO3)c2c1OCCO2. The van der Waals surface area contributed by atoms with Crippen molar-refractivity contribution in [1.82, 2.24) is 0 Å². The van der Waals surface area contributed by atoms with E-state index in [-0.39, 0.29) is 0 Å². The van der Waals surface area contributed by atoms with Crippen molar-refractivity contribution in [2.75, 3.05) is 117 Å². The van der Waals surface area contributed by atoms with E-state index in [1.54, 1.807) is 68.0 Å². The lowest BCUT2D eigenvalue weighted by Gasteiger charge is -2.32. The minimum absolute atomic E-state index is 0.419. The van der Waals surface area contributed by atoms with Gasteiger partial charge in [0, 0.05) is 22.3 Å². The summed E-state index contributed by atoms with van der Waals surface area (Å²) in [5.74, 6) is 11.4. The summed E-state index contributed by atoms with van der Waals surface area (Å²) in [5.41, 5.74) is 8.76. The van der Waals surface area contributed by atoms with Crippen molar-refractivity contribution in [1.29, 1.82) is 0 Å². The number of benzene rings is 6. The van der Waals surface area contributed by atoms with Gasteiger partial charge in [-0.25, -0.2) is 16.8 Å². The van der Waals surface area contributed by atoms with E-state index < -0.39 is 60.7 Å². The highest BCUT2D eigenvalue weighted by Gasteiger charge is 2.42. The predicted molar refractivity (Wildman–Crippen MR) is 532 cm³/mol. The molecule has 6 atom stereocenters. The van der Waals surface area contributed by atoms with Gasteiger partial charge in [-0.1, -0.05) is 196 Å². The number of aryl methyl sites for hydroxylation is 2. The molecule has 4 N–H and O–H groups in total. The van der Waals surface area contributed by atoms with Gasteiger partial charge in [-0.15, -0.1) is 68.0 Å². The van der Waals surface area contributed by atoms with E-state index in [1.807, 2.05) is 0 Å². The molecule has 12 aromatic rings. The van der Waals surface area contributed by atoms with E-state index in [0.717, 1.165) is 120 Å². The third-order valence-electron chi connectivity index (χ3n) is 20.9. The van der Waals surface area contributed by atoms with E-state index in [0.29, 0.717) is 198 Å². The van der Waals surface area contributed by atoms with Crippen LogP contribution < -0.4 is 56.8 Å². The summed E-state index contributed by atoms with van der Waals surface area (Å²) in [4.78, 5) is 11.4. The number of rotatable bonds is 22. The second-order valence-electron chi connectivity index (χ2n) is 31.9. The second kappa shape index (κ2) is 48.4. The van der Waals surface area contributed by atoms with Crippen molar-refractivity contribution in [2.24, 2.45) is 0 Å². The average Bonchev–Trinajstić information content (AvgIpc) is 1.57. The Bertz CT molecular complexity index is 6210. The summed E-state index contributed by atoms with van der Waals surface area (Å²) in [7, 11) is -22.5. The van der Waals surface area contributed by atoms with Crippen LogP contribution in [-0.2, 0) is 60.7 Å². The third-order valence-corrected chi connectivity index (χ3v) is 28.5. The van der Waals surface area contributed by atoms with Gasteiger partial charge >= 0.3 is 0 Å². The van der Waals surface area contributed by atoms with Crippen LogP contribution in [0.3, 0.4) is 0 Å². The number of ether oxygens (including phenoxy) is 12. The largest absolute Gasteiger partial charge is 0.748 e. The maximum Gasteiger partial charge on any atom is 0.261 e. The Morgan fingerprint density at radius 2 is 0.390 bits per heavy atom. The zero-order valence-electron chi connectivity index (χ0n) is 75.8. The Labute approximate surface area is 817 Å². The maximum atomic E-state index is 9.19. The van der Waals surface area contributed by atoms with Gasteiger partial charge in [0.2, 0.25) is 0 Å². The van der Waals surface area contributed by atoms with Crippen molar-refractivity contribution < 1.29 is 135 Å². The summed E-state index contributed by atoms with van der Waals surface area (Å²) < 4.78 is 234. The molecule has 0 saturated heterocycles. The fourth-order valence-electron chi connectivity index (χ4n) is 15.8. The van der Waals surface area contributed by atoms with Crippen LogP contribution in [0.2, 0.25) is 0 Å². The molecule has 0 saturated carbocycles. The molecule has 42 heteroatoms. The van der Waals surface area contributed by atoms with Crippen LogP contribution in [0.15, 0.2) is 182 Å². The van der Waals surface area contributed by atoms with Gasteiger partial charge < -0.3 is 65.9 Å². The first kappa shape index (κ1) is 107. The van der Waals surface area contributed by atoms with Crippen LogP contribution in [0, 0.1) is 13.8 Å². The van der Waals surface area contributed by atoms with Crippen molar-refractivity contribution in [3.63, 3.8) is 0 Å². The fourth-order valence-corrected chi connectivity index (χ4v) is 23.3. The van der Waals surface area contributed by atoms with Crippen LogP contribution >= 0.6 is 68.0 Å². The molecule has 6 aliphatic rings. The Morgan fingerprint density at radius 3 is 0.574 bits per heavy atom.